The fraction of sp³-hybridized carbons (Fsp3) is 0.545. The summed E-state index contributed by atoms with van der Waals surface area (Å²) >= 11 is 3.47. The van der Waals surface area contributed by atoms with Crippen molar-refractivity contribution in [3.8, 4) is 0 Å². The molecule has 1 aliphatic rings. The number of hydrogen-bond acceptors (Lipinski definition) is 3. The topological polar surface area (TPSA) is 37.0 Å². The second kappa shape index (κ2) is 5.47. The quantitative estimate of drug-likeness (QED) is 0.881. The smallest absolute Gasteiger partial charge is 0.140 e. The van der Waals surface area contributed by atoms with E-state index in [4.69, 9.17) is 0 Å². The molecule has 0 aromatic carbocycles. The normalized spacial score (nSPS) is 20.5. The Morgan fingerprint density at radius 1 is 1.60 bits per heavy atom. The minimum absolute atomic E-state index is 0.833. The molecule has 0 spiro atoms. The van der Waals surface area contributed by atoms with Crippen molar-refractivity contribution in [3.63, 3.8) is 0 Å². The summed E-state index contributed by atoms with van der Waals surface area (Å²) in [7, 11) is 0. The van der Waals surface area contributed by atoms with Crippen LogP contribution in [0.2, 0.25) is 0 Å². The van der Waals surface area contributed by atoms with Gasteiger partial charge in [0.05, 0.1) is 4.47 Å². The molecule has 1 aromatic rings. The number of aromatic nitrogens is 1. The predicted octanol–water partition coefficient (Wildman–Crippen LogP) is 2.26. The molecule has 2 rings (SSSR count). The van der Waals surface area contributed by atoms with Crippen molar-refractivity contribution in [1.29, 1.82) is 0 Å². The van der Waals surface area contributed by atoms with E-state index in [1.165, 1.54) is 25.9 Å². The van der Waals surface area contributed by atoms with Crippen LogP contribution in [0.4, 0.5) is 5.82 Å². The Morgan fingerprint density at radius 2 is 2.53 bits per heavy atom. The second-order valence-corrected chi connectivity index (χ2v) is 4.76. The molecule has 0 saturated carbocycles. The third-order valence-electron chi connectivity index (χ3n) is 2.77. The van der Waals surface area contributed by atoms with Crippen LogP contribution in [0.15, 0.2) is 22.8 Å². The largest absolute Gasteiger partial charge is 0.369 e. The van der Waals surface area contributed by atoms with Crippen LogP contribution in [-0.4, -0.2) is 24.6 Å². The van der Waals surface area contributed by atoms with Gasteiger partial charge in [-0.2, -0.15) is 0 Å². The number of rotatable bonds is 4. The Bertz CT molecular complexity index is 310. The van der Waals surface area contributed by atoms with Crippen molar-refractivity contribution in [2.24, 2.45) is 5.92 Å². The second-order valence-electron chi connectivity index (χ2n) is 3.91. The monoisotopic (exact) mass is 269 g/mol. The van der Waals surface area contributed by atoms with E-state index in [0.717, 1.165) is 22.8 Å². The summed E-state index contributed by atoms with van der Waals surface area (Å²) in [5.74, 6) is 1.78. The summed E-state index contributed by atoms with van der Waals surface area (Å²) in [6.45, 7) is 3.35. The number of nitrogens with zero attached hydrogens (tertiary/aromatic N) is 1. The number of pyridine rings is 1. The molecule has 0 aliphatic carbocycles. The Balaban J connectivity index is 1.75. The van der Waals surface area contributed by atoms with E-state index in [2.05, 4.69) is 31.5 Å². The molecule has 0 radical (unpaired) electrons. The van der Waals surface area contributed by atoms with Gasteiger partial charge in [-0.05, 0) is 59.9 Å². The maximum atomic E-state index is 4.27. The van der Waals surface area contributed by atoms with E-state index < -0.39 is 0 Å². The summed E-state index contributed by atoms with van der Waals surface area (Å²) < 4.78 is 1.04. The molecule has 1 aromatic heterocycles. The lowest BCUT2D eigenvalue weighted by Gasteiger charge is -2.10. The maximum absolute atomic E-state index is 4.27. The molecule has 15 heavy (non-hydrogen) atoms. The zero-order valence-corrected chi connectivity index (χ0v) is 10.3. The standard InChI is InChI=1S/C11H16BrN3/c12-10-2-1-5-14-11(10)15-7-4-9-3-6-13-8-9/h1-2,5,9,13H,3-4,6-8H2,(H,14,15). The van der Waals surface area contributed by atoms with Gasteiger partial charge in [-0.25, -0.2) is 4.98 Å². The Hall–Kier alpha value is -0.610. The van der Waals surface area contributed by atoms with Crippen molar-refractivity contribution in [2.45, 2.75) is 12.8 Å². The van der Waals surface area contributed by atoms with Crippen LogP contribution in [0.1, 0.15) is 12.8 Å². The van der Waals surface area contributed by atoms with Gasteiger partial charge in [0.25, 0.3) is 0 Å². The van der Waals surface area contributed by atoms with Crippen LogP contribution >= 0.6 is 15.9 Å². The average Bonchev–Trinajstić information content (AvgIpc) is 2.74. The molecule has 2 heterocycles. The van der Waals surface area contributed by atoms with Crippen LogP contribution < -0.4 is 10.6 Å². The number of nitrogens with one attached hydrogen (secondary N) is 2. The molecule has 4 heteroatoms. The van der Waals surface area contributed by atoms with Crippen LogP contribution in [-0.2, 0) is 0 Å². The average molecular weight is 270 g/mol. The number of anilines is 1. The molecule has 0 bridgehead atoms. The highest BCUT2D eigenvalue weighted by Crippen LogP contribution is 2.19. The first-order valence-corrected chi connectivity index (χ1v) is 6.20. The summed E-state index contributed by atoms with van der Waals surface area (Å²) in [6, 6.07) is 3.93. The lowest BCUT2D eigenvalue weighted by atomic mass is 10.1. The van der Waals surface area contributed by atoms with Crippen molar-refractivity contribution in [1.82, 2.24) is 10.3 Å². The van der Waals surface area contributed by atoms with E-state index in [-0.39, 0.29) is 0 Å². The molecule has 1 aliphatic heterocycles. The van der Waals surface area contributed by atoms with Crippen LogP contribution in [0.25, 0.3) is 0 Å². The van der Waals surface area contributed by atoms with Gasteiger partial charge in [0.2, 0.25) is 0 Å². The van der Waals surface area contributed by atoms with Gasteiger partial charge < -0.3 is 10.6 Å². The third kappa shape index (κ3) is 3.18. The maximum Gasteiger partial charge on any atom is 0.140 e. The first kappa shape index (κ1) is 10.9. The summed E-state index contributed by atoms with van der Waals surface area (Å²) in [5, 5.41) is 6.73. The minimum atomic E-state index is 0.833. The van der Waals surface area contributed by atoms with E-state index >= 15 is 0 Å². The molecule has 2 N–H and O–H groups in total. The van der Waals surface area contributed by atoms with Crippen LogP contribution in [0.5, 0.6) is 0 Å². The highest BCUT2D eigenvalue weighted by Gasteiger charge is 2.13. The van der Waals surface area contributed by atoms with Gasteiger partial charge in [-0.15, -0.1) is 0 Å². The Morgan fingerprint density at radius 3 is 3.27 bits per heavy atom. The van der Waals surface area contributed by atoms with E-state index in [9.17, 15) is 0 Å². The molecule has 3 nitrogen and oxygen atoms in total. The lowest BCUT2D eigenvalue weighted by Crippen LogP contribution is -2.13. The SMILES string of the molecule is Brc1cccnc1NCCC1CCNC1. The first-order valence-electron chi connectivity index (χ1n) is 5.41. The summed E-state index contributed by atoms with van der Waals surface area (Å²) in [6.07, 6.45) is 4.34. The van der Waals surface area contributed by atoms with Crippen LogP contribution in [0, 0.1) is 5.92 Å². The van der Waals surface area contributed by atoms with Gasteiger partial charge in [-0.3, -0.25) is 0 Å². The van der Waals surface area contributed by atoms with Crippen molar-refractivity contribution < 1.29 is 0 Å². The number of hydrogen-bond donors (Lipinski definition) is 2. The molecular weight excluding hydrogens is 254 g/mol. The van der Waals surface area contributed by atoms with Gasteiger partial charge in [0.15, 0.2) is 0 Å². The number of halogens is 1. The summed E-state index contributed by atoms with van der Waals surface area (Å²) in [5.41, 5.74) is 0. The van der Waals surface area contributed by atoms with E-state index in [1.807, 2.05) is 18.3 Å². The Kier molecular flexibility index (Phi) is 3.97. The molecule has 1 fully saturated rings. The predicted molar refractivity (Wildman–Crippen MR) is 66.0 cm³/mol. The van der Waals surface area contributed by atoms with Gasteiger partial charge in [0, 0.05) is 12.7 Å². The molecule has 1 atom stereocenters. The van der Waals surface area contributed by atoms with E-state index in [1.54, 1.807) is 0 Å². The molecular formula is C11H16BrN3. The summed E-state index contributed by atoms with van der Waals surface area (Å²) in [4.78, 5) is 4.27. The Labute approximate surface area is 98.8 Å². The molecule has 82 valence electrons. The fourth-order valence-electron chi connectivity index (χ4n) is 1.87. The zero-order chi connectivity index (χ0) is 10.5. The van der Waals surface area contributed by atoms with Crippen molar-refractivity contribution in [3.05, 3.63) is 22.8 Å². The van der Waals surface area contributed by atoms with E-state index in [0.29, 0.717) is 0 Å². The fourth-order valence-corrected chi connectivity index (χ4v) is 2.27. The third-order valence-corrected chi connectivity index (χ3v) is 3.41. The lowest BCUT2D eigenvalue weighted by molar-refractivity contribution is 0.549. The first-order chi connectivity index (χ1) is 7.36. The van der Waals surface area contributed by atoms with Crippen LogP contribution in [0.3, 0.4) is 0 Å². The molecule has 0 amide bonds. The zero-order valence-electron chi connectivity index (χ0n) is 8.67. The van der Waals surface area contributed by atoms with Gasteiger partial charge >= 0.3 is 0 Å². The van der Waals surface area contributed by atoms with Crippen molar-refractivity contribution in [2.75, 3.05) is 25.0 Å². The van der Waals surface area contributed by atoms with Gasteiger partial charge in [-0.1, -0.05) is 0 Å². The molecule has 1 saturated heterocycles. The minimum Gasteiger partial charge on any atom is -0.369 e. The molecule has 1 unspecified atom stereocenters. The van der Waals surface area contributed by atoms with Gasteiger partial charge in [0.1, 0.15) is 5.82 Å². The van der Waals surface area contributed by atoms with Crippen molar-refractivity contribution >= 4 is 21.7 Å². The highest BCUT2D eigenvalue weighted by atomic mass is 79.9. The highest BCUT2D eigenvalue weighted by molar-refractivity contribution is 9.10.